The summed E-state index contributed by atoms with van der Waals surface area (Å²) in [6, 6.07) is 2.08. The fraction of sp³-hybridized carbons (Fsp3) is 0.385. The minimum atomic E-state index is -0.263. The van der Waals surface area contributed by atoms with Gasteiger partial charge in [-0.3, -0.25) is 15.6 Å². The number of nitrogens with one attached hydrogen (secondary N) is 3. The molecule has 1 unspecified atom stereocenters. The van der Waals surface area contributed by atoms with Crippen LogP contribution in [0.25, 0.3) is 6.08 Å². The second-order valence-corrected chi connectivity index (χ2v) is 5.60. The molecule has 0 spiro atoms. The fourth-order valence-electron chi connectivity index (χ4n) is 1.42. The molecule has 3 N–H and O–H groups in total. The summed E-state index contributed by atoms with van der Waals surface area (Å²) in [4.78, 5) is 12.7. The van der Waals surface area contributed by atoms with Crippen molar-refractivity contribution in [3.05, 3.63) is 28.0 Å². The summed E-state index contributed by atoms with van der Waals surface area (Å²) in [6.07, 6.45) is 3.24. The average molecular weight is 313 g/mol. The maximum absolute atomic E-state index is 11.6. The molecule has 0 aromatic carbocycles. The van der Waals surface area contributed by atoms with Crippen LogP contribution in [-0.4, -0.2) is 30.8 Å². The summed E-state index contributed by atoms with van der Waals surface area (Å²) < 4.78 is 4.97. The maximum atomic E-state index is 11.6. The molecule has 110 valence electrons. The minimum Gasteiger partial charge on any atom is -0.383 e. The highest BCUT2D eigenvalue weighted by atomic mass is 32.1. The molecular formula is C13H19N3O2S2. The fourth-order valence-corrected chi connectivity index (χ4v) is 2.49. The van der Waals surface area contributed by atoms with E-state index < -0.39 is 0 Å². The molecule has 1 aromatic rings. The molecule has 5 nitrogen and oxygen atoms in total. The van der Waals surface area contributed by atoms with E-state index in [0.717, 1.165) is 10.4 Å². The van der Waals surface area contributed by atoms with E-state index in [-0.39, 0.29) is 11.9 Å². The van der Waals surface area contributed by atoms with Crippen LogP contribution in [0.5, 0.6) is 0 Å². The van der Waals surface area contributed by atoms with Gasteiger partial charge in [-0.15, -0.1) is 11.3 Å². The van der Waals surface area contributed by atoms with Crippen molar-refractivity contribution in [2.75, 3.05) is 13.7 Å². The Morgan fingerprint density at radius 1 is 1.55 bits per heavy atom. The zero-order chi connectivity index (χ0) is 15.0. The van der Waals surface area contributed by atoms with Crippen molar-refractivity contribution in [2.45, 2.75) is 19.9 Å². The lowest BCUT2D eigenvalue weighted by Gasteiger charge is -2.15. The molecule has 0 fully saturated rings. The predicted molar refractivity (Wildman–Crippen MR) is 86.4 cm³/mol. The van der Waals surface area contributed by atoms with Gasteiger partial charge in [0.05, 0.1) is 6.61 Å². The standard InChI is InChI=1S/C13H19N3O2S2/c1-9-6-7-20-11(9)4-5-12(17)15-16-13(19)14-10(2)8-18-3/h4-7,10H,8H2,1-3H3,(H,15,17)(H2,14,16,19). The SMILES string of the molecule is COCC(C)NC(=S)NNC(=O)C=Cc1sccc1C. The summed E-state index contributed by atoms with van der Waals surface area (Å²) in [5.74, 6) is -0.263. The molecular weight excluding hydrogens is 294 g/mol. The first-order valence-electron chi connectivity index (χ1n) is 6.10. The number of thiophene rings is 1. The Labute approximate surface area is 128 Å². The first kappa shape index (κ1) is 16.6. The van der Waals surface area contributed by atoms with Crippen molar-refractivity contribution in [1.82, 2.24) is 16.2 Å². The van der Waals surface area contributed by atoms with Crippen LogP contribution in [0.3, 0.4) is 0 Å². The van der Waals surface area contributed by atoms with Gasteiger partial charge in [0.25, 0.3) is 5.91 Å². The molecule has 0 aliphatic carbocycles. The summed E-state index contributed by atoms with van der Waals surface area (Å²) >= 11 is 6.62. The maximum Gasteiger partial charge on any atom is 0.262 e. The smallest absolute Gasteiger partial charge is 0.262 e. The number of carbonyl (C=O) groups is 1. The number of rotatable bonds is 5. The highest BCUT2D eigenvalue weighted by Crippen LogP contribution is 2.16. The van der Waals surface area contributed by atoms with Gasteiger partial charge in [-0.2, -0.15) is 0 Å². The number of carbonyl (C=O) groups excluding carboxylic acids is 1. The monoisotopic (exact) mass is 313 g/mol. The van der Waals surface area contributed by atoms with Crippen LogP contribution in [-0.2, 0) is 9.53 Å². The summed E-state index contributed by atoms with van der Waals surface area (Å²) in [6.45, 7) is 4.47. The molecule has 1 atom stereocenters. The van der Waals surface area contributed by atoms with Gasteiger partial charge in [0.1, 0.15) is 0 Å². The van der Waals surface area contributed by atoms with Gasteiger partial charge in [-0.05, 0) is 49.2 Å². The van der Waals surface area contributed by atoms with Gasteiger partial charge >= 0.3 is 0 Å². The lowest BCUT2D eigenvalue weighted by atomic mass is 10.3. The molecule has 1 heterocycles. The van der Waals surface area contributed by atoms with E-state index in [4.69, 9.17) is 17.0 Å². The Morgan fingerprint density at radius 2 is 2.30 bits per heavy atom. The molecule has 1 amide bonds. The van der Waals surface area contributed by atoms with E-state index in [1.807, 2.05) is 25.3 Å². The lowest BCUT2D eigenvalue weighted by molar-refractivity contribution is -0.116. The highest BCUT2D eigenvalue weighted by molar-refractivity contribution is 7.80. The number of hydrogen-bond acceptors (Lipinski definition) is 4. The average Bonchev–Trinajstić information content (AvgIpc) is 2.79. The van der Waals surface area contributed by atoms with Crippen LogP contribution in [0, 0.1) is 6.92 Å². The third-order valence-corrected chi connectivity index (χ3v) is 3.59. The van der Waals surface area contributed by atoms with E-state index in [9.17, 15) is 4.79 Å². The number of aryl methyl sites for hydroxylation is 1. The Balaban J connectivity index is 2.31. The lowest BCUT2D eigenvalue weighted by Crippen LogP contribution is -2.49. The topological polar surface area (TPSA) is 62.4 Å². The van der Waals surface area contributed by atoms with Crippen LogP contribution in [0.1, 0.15) is 17.4 Å². The van der Waals surface area contributed by atoms with Crippen molar-refractivity contribution in [1.29, 1.82) is 0 Å². The number of thiocarbonyl (C=S) groups is 1. The molecule has 0 aliphatic rings. The van der Waals surface area contributed by atoms with Crippen LogP contribution < -0.4 is 16.2 Å². The Hall–Kier alpha value is -1.44. The van der Waals surface area contributed by atoms with Crippen molar-refractivity contribution >= 4 is 40.7 Å². The van der Waals surface area contributed by atoms with Crippen molar-refractivity contribution in [3.63, 3.8) is 0 Å². The van der Waals surface area contributed by atoms with Crippen molar-refractivity contribution in [2.24, 2.45) is 0 Å². The third-order valence-electron chi connectivity index (χ3n) is 2.38. The van der Waals surface area contributed by atoms with Gasteiger partial charge < -0.3 is 10.1 Å². The molecule has 7 heteroatoms. The molecule has 20 heavy (non-hydrogen) atoms. The molecule has 0 saturated carbocycles. The van der Waals surface area contributed by atoms with Crippen LogP contribution in [0.2, 0.25) is 0 Å². The zero-order valence-electron chi connectivity index (χ0n) is 11.7. The third kappa shape index (κ3) is 6.14. The highest BCUT2D eigenvalue weighted by Gasteiger charge is 2.03. The summed E-state index contributed by atoms with van der Waals surface area (Å²) in [7, 11) is 1.62. The summed E-state index contributed by atoms with van der Waals surface area (Å²) in [5, 5.41) is 5.31. The molecule has 1 rings (SSSR count). The molecule has 0 aliphatic heterocycles. The van der Waals surface area contributed by atoms with E-state index >= 15 is 0 Å². The Kier molecular flexibility index (Phi) is 7.21. The second-order valence-electron chi connectivity index (χ2n) is 4.25. The zero-order valence-corrected chi connectivity index (χ0v) is 13.4. The van der Waals surface area contributed by atoms with Gasteiger partial charge in [-0.1, -0.05) is 0 Å². The van der Waals surface area contributed by atoms with Crippen molar-refractivity contribution < 1.29 is 9.53 Å². The van der Waals surface area contributed by atoms with Gasteiger partial charge in [0, 0.05) is 24.1 Å². The first-order chi connectivity index (χ1) is 9.52. The molecule has 1 aromatic heterocycles. The molecule has 0 bridgehead atoms. The number of hydrazine groups is 1. The van der Waals surface area contributed by atoms with E-state index in [1.54, 1.807) is 24.5 Å². The number of ether oxygens (including phenoxy) is 1. The quantitative estimate of drug-likeness (QED) is 0.438. The molecule has 0 radical (unpaired) electrons. The number of amides is 1. The first-order valence-corrected chi connectivity index (χ1v) is 7.39. The van der Waals surface area contributed by atoms with Gasteiger partial charge in [0.2, 0.25) is 0 Å². The number of methoxy groups -OCH3 is 1. The van der Waals surface area contributed by atoms with Crippen LogP contribution in [0.4, 0.5) is 0 Å². The predicted octanol–water partition coefficient (Wildman–Crippen LogP) is 1.60. The summed E-state index contributed by atoms with van der Waals surface area (Å²) in [5.41, 5.74) is 6.28. The number of hydrogen-bond donors (Lipinski definition) is 3. The normalized spacial score (nSPS) is 12.2. The largest absolute Gasteiger partial charge is 0.383 e. The Morgan fingerprint density at radius 3 is 2.90 bits per heavy atom. The van der Waals surface area contributed by atoms with E-state index in [1.165, 1.54) is 6.08 Å². The van der Waals surface area contributed by atoms with E-state index in [0.29, 0.717) is 11.7 Å². The molecule has 0 saturated heterocycles. The Bertz CT molecular complexity index is 486. The van der Waals surface area contributed by atoms with Crippen molar-refractivity contribution in [3.8, 4) is 0 Å². The van der Waals surface area contributed by atoms with Crippen LogP contribution >= 0.6 is 23.6 Å². The second kappa shape index (κ2) is 8.68. The minimum absolute atomic E-state index is 0.0706. The van der Waals surface area contributed by atoms with E-state index in [2.05, 4.69) is 16.2 Å². The van der Waals surface area contributed by atoms with Gasteiger partial charge in [0.15, 0.2) is 5.11 Å². The van der Waals surface area contributed by atoms with Crippen LogP contribution in [0.15, 0.2) is 17.5 Å². The van der Waals surface area contributed by atoms with Gasteiger partial charge in [-0.25, -0.2) is 0 Å².